The van der Waals surface area contributed by atoms with E-state index in [4.69, 9.17) is 17.0 Å². The minimum atomic E-state index is 0.0619. The highest BCUT2D eigenvalue weighted by Gasteiger charge is 2.29. The summed E-state index contributed by atoms with van der Waals surface area (Å²) in [6.07, 6.45) is 3.37. The third-order valence-corrected chi connectivity index (χ3v) is 5.61. The lowest BCUT2D eigenvalue weighted by Crippen LogP contribution is -2.21. The van der Waals surface area contributed by atoms with Crippen LogP contribution in [0.15, 0.2) is 12.3 Å². The van der Waals surface area contributed by atoms with E-state index in [2.05, 4.69) is 25.3 Å². The maximum Gasteiger partial charge on any atom is 0.268 e. The van der Waals surface area contributed by atoms with Gasteiger partial charge in [0.15, 0.2) is 5.65 Å². The van der Waals surface area contributed by atoms with Crippen molar-refractivity contribution in [3.8, 4) is 0 Å². The number of nitrogen functional groups attached to an aromatic ring is 1. The van der Waals surface area contributed by atoms with Crippen molar-refractivity contribution in [1.29, 1.82) is 0 Å². The predicted octanol–water partition coefficient (Wildman–Crippen LogP) is 1.76. The van der Waals surface area contributed by atoms with E-state index in [0.29, 0.717) is 43.5 Å². The largest absolute Gasteiger partial charge is 0.396 e. The molecule has 0 aromatic carbocycles. The first-order chi connectivity index (χ1) is 14.6. The number of aliphatic hydroxyl groups is 1. The number of nitrogens with one attached hydrogen (secondary N) is 1. The Labute approximate surface area is 174 Å². The highest BCUT2D eigenvalue weighted by molar-refractivity contribution is 5.80. The van der Waals surface area contributed by atoms with E-state index >= 15 is 0 Å². The second kappa shape index (κ2) is 8.30. The van der Waals surface area contributed by atoms with Crippen LogP contribution in [0.4, 0.5) is 17.3 Å². The maximum atomic E-state index is 9.48. The first-order valence-corrected chi connectivity index (χ1v) is 10.1. The molecular formula is C20H26N8O2. The molecule has 1 saturated heterocycles. The summed E-state index contributed by atoms with van der Waals surface area (Å²) in [5.41, 5.74) is 9.97. The topological polar surface area (TPSA) is 120 Å². The predicted molar refractivity (Wildman–Crippen MR) is 113 cm³/mol. The molecule has 0 amide bonds. The number of hydrogen-bond donors (Lipinski definition) is 3. The molecule has 4 heterocycles. The van der Waals surface area contributed by atoms with E-state index in [0.717, 1.165) is 23.4 Å². The summed E-state index contributed by atoms with van der Waals surface area (Å²) in [4.78, 5) is 8.21. The summed E-state index contributed by atoms with van der Waals surface area (Å²) in [6, 6.07) is 2.02. The molecule has 158 valence electrons. The highest BCUT2D eigenvalue weighted by atomic mass is 16.5. The monoisotopic (exact) mass is 410 g/mol. The maximum absolute atomic E-state index is 9.48. The molecule has 2 atom stereocenters. The van der Waals surface area contributed by atoms with Gasteiger partial charge >= 0.3 is 0 Å². The van der Waals surface area contributed by atoms with Gasteiger partial charge in [-0.2, -0.15) is 10.2 Å². The fourth-order valence-electron chi connectivity index (χ4n) is 3.92. The summed E-state index contributed by atoms with van der Waals surface area (Å²) >= 11 is 0. The third kappa shape index (κ3) is 3.46. The number of hydrogen-bond acceptors (Lipinski definition) is 7. The van der Waals surface area contributed by atoms with Crippen molar-refractivity contribution in [2.45, 2.75) is 32.7 Å². The average molecular weight is 410 g/mol. The molecule has 0 saturated carbocycles. The van der Waals surface area contributed by atoms with Gasteiger partial charge in [-0.3, -0.25) is 4.68 Å². The highest BCUT2D eigenvalue weighted by Crippen LogP contribution is 2.32. The standard InChI is InChI=1S/C20H26N8O2/c1-4-15-12(2)25-28-18(21)17(22-3)19(24-20(15)28)23-7-5-14-6-8-27(26-14)16-11-30-10-13(16)9-29/h6,8,13,16,29H,4-5,7,9-11,21H2,1-2H3,(H,23,24). The molecule has 4 rings (SSSR count). The van der Waals surface area contributed by atoms with Crippen molar-refractivity contribution in [2.24, 2.45) is 5.92 Å². The first-order valence-electron chi connectivity index (χ1n) is 10.1. The molecular weight excluding hydrogens is 384 g/mol. The number of rotatable bonds is 7. The smallest absolute Gasteiger partial charge is 0.268 e. The number of nitrogens with two attached hydrogens (primary N) is 1. The van der Waals surface area contributed by atoms with E-state index in [1.54, 1.807) is 4.52 Å². The second-order valence-electron chi connectivity index (χ2n) is 7.47. The summed E-state index contributed by atoms with van der Waals surface area (Å²) in [6.45, 7) is 13.2. The molecule has 30 heavy (non-hydrogen) atoms. The minimum Gasteiger partial charge on any atom is -0.396 e. The molecule has 3 aromatic heterocycles. The van der Waals surface area contributed by atoms with Crippen LogP contribution in [0.25, 0.3) is 10.5 Å². The third-order valence-electron chi connectivity index (χ3n) is 5.61. The Balaban J connectivity index is 1.50. The zero-order valence-electron chi connectivity index (χ0n) is 17.2. The molecule has 10 heteroatoms. The fourth-order valence-corrected chi connectivity index (χ4v) is 3.92. The van der Waals surface area contributed by atoms with Crippen molar-refractivity contribution in [1.82, 2.24) is 24.4 Å². The average Bonchev–Trinajstić information content (AvgIpc) is 3.46. The Hall–Kier alpha value is -3.16. The number of fused-ring (bicyclic) bond motifs is 1. The van der Waals surface area contributed by atoms with Gasteiger partial charge in [0.1, 0.15) is 11.6 Å². The van der Waals surface area contributed by atoms with E-state index in [-0.39, 0.29) is 24.3 Å². The van der Waals surface area contributed by atoms with Gasteiger partial charge in [0.2, 0.25) is 0 Å². The minimum absolute atomic E-state index is 0.0619. The Morgan fingerprint density at radius 1 is 1.40 bits per heavy atom. The Morgan fingerprint density at radius 3 is 2.97 bits per heavy atom. The van der Waals surface area contributed by atoms with Gasteiger partial charge in [0, 0.05) is 30.6 Å². The van der Waals surface area contributed by atoms with Crippen molar-refractivity contribution >= 4 is 23.0 Å². The molecule has 1 fully saturated rings. The number of aromatic nitrogens is 5. The van der Waals surface area contributed by atoms with Crippen LogP contribution < -0.4 is 11.1 Å². The number of nitrogens with zero attached hydrogens (tertiary/aromatic N) is 6. The molecule has 2 unspecified atom stereocenters. The number of anilines is 2. The van der Waals surface area contributed by atoms with Crippen LogP contribution in [0, 0.1) is 19.4 Å². The summed E-state index contributed by atoms with van der Waals surface area (Å²) in [7, 11) is 0. The van der Waals surface area contributed by atoms with Crippen molar-refractivity contribution < 1.29 is 9.84 Å². The lowest BCUT2D eigenvalue weighted by Gasteiger charge is -2.15. The van der Waals surface area contributed by atoms with Crippen LogP contribution in [-0.4, -0.2) is 55.9 Å². The summed E-state index contributed by atoms with van der Waals surface area (Å²) in [5.74, 6) is 0.831. The quantitative estimate of drug-likeness (QED) is 0.508. The summed E-state index contributed by atoms with van der Waals surface area (Å²) in [5, 5.41) is 21.8. The normalized spacial score (nSPS) is 18.7. The van der Waals surface area contributed by atoms with Gasteiger partial charge in [-0.1, -0.05) is 6.92 Å². The molecule has 0 radical (unpaired) electrons. The first kappa shape index (κ1) is 20.1. The Kier molecular flexibility index (Phi) is 5.57. The number of aliphatic hydroxyl groups excluding tert-OH is 1. The van der Waals surface area contributed by atoms with Gasteiger partial charge in [-0.25, -0.2) is 14.3 Å². The van der Waals surface area contributed by atoms with Crippen LogP contribution in [0.3, 0.4) is 0 Å². The zero-order chi connectivity index (χ0) is 21.3. The molecule has 3 aromatic rings. The van der Waals surface area contributed by atoms with Crippen LogP contribution in [0.2, 0.25) is 0 Å². The molecule has 4 N–H and O–H groups in total. The zero-order valence-corrected chi connectivity index (χ0v) is 17.2. The lowest BCUT2D eigenvalue weighted by atomic mass is 10.1. The van der Waals surface area contributed by atoms with Crippen LogP contribution in [0.5, 0.6) is 0 Å². The number of aryl methyl sites for hydroxylation is 2. The van der Waals surface area contributed by atoms with Crippen molar-refractivity contribution in [2.75, 3.05) is 37.4 Å². The van der Waals surface area contributed by atoms with E-state index in [1.165, 1.54) is 0 Å². The number of ether oxygens (including phenoxy) is 1. The molecule has 0 aliphatic carbocycles. The van der Waals surface area contributed by atoms with Crippen molar-refractivity contribution in [3.63, 3.8) is 0 Å². The molecule has 10 nitrogen and oxygen atoms in total. The van der Waals surface area contributed by atoms with Gasteiger partial charge in [-0.05, 0) is 19.4 Å². The second-order valence-corrected chi connectivity index (χ2v) is 7.47. The van der Waals surface area contributed by atoms with Crippen LogP contribution in [-0.2, 0) is 17.6 Å². The van der Waals surface area contributed by atoms with Gasteiger partial charge in [-0.15, -0.1) is 0 Å². The molecule has 1 aliphatic heterocycles. The Bertz CT molecular complexity index is 1100. The Morgan fingerprint density at radius 2 is 2.23 bits per heavy atom. The van der Waals surface area contributed by atoms with Crippen LogP contribution in [0.1, 0.15) is 29.9 Å². The molecule has 0 spiro atoms. The lowest BCUT2D eigenvalue weighted by molar-refractivity contribution is 0.160. The van der Waals surface area contributed by atoms with E-state index < -0.39 is 0 Å². The van der Waals surface area contributed by atoms with Gasteiger partial charge in [0.25, 0.3) is 5.69 Å². The van der Waals surface area contributed by atoms with Gasteiger partial charge in [0.05, 0.1) is 43.8 Å². The van der Waals surface area contributed by atoms with Crippen LogP contribution >= 0.6 is 0 Å². The van der Waals surface area contributed by atoms with E-state index in [9.17, 15) is 5.11 Å². The molecule has 0 bridgehead atoms. The molecule has 1 aliphatic rings. The SMILES string of the molecule is [C-]#[N+]c1c(NCCc2ccn(C3COCC3CO)n2)nc2c(CC)c(C)nn2c1N. The van der Waals surface area contributed by atoms with E-state index in [1.807, 2.05) is 30.8 Å². The fraction of sp³-hybridized carbons (Fsp3) is 0.500. The van der Waals surface area contributed by atoms with Crippen molar-refractivity contribution in [3.05, 3.63) is 40.6 Å². The summed E-state index contributed by atoms with van der Waals surface area (Å²) < 4.78 is 8.89. The van der Waals surface area contributed by atoms with Gasteiger partial charge < -0.3 is 20.9 Å².